The first-order valence-corrected chi connectivity index (χ1v) is 7.90. The highest BCUT2D eigenvalue weighted by atomic mass is 79.9. The number of carbonyl (C=O) groups excluding carboxylic acids is 1. The van der Waals surface area contributed by atoms with Crippen LogP contribution in [0.5, 0.6) is 5.75 Å². The summed E-state index contributed by atoms with van der Waals surface area (Å²) in [5.41, 5.74) is 0.507. The van der Waals surface area contributed by atoms with Gasteiger partial charge in [-0.3, -0.25) is 4.79 Å². The summed E-state index contributed by atoms with van der Waals surface area (Å²) in [4.78, 5) is 12.3. The van der Waals surface area contributed by atoms with E-state index in [9.17, 15) is 9.90 Å². The fourth-order valence-electron chi connectivity index (χ4n) is 2.28. The quantitative estimate of drug-likeness (QED) is 0.748. The number of rotatable bonds is 5. The SMILES string of the molecule is CC(C)Oc1cc(Br)ccc1C(=O)NCC1CNCC1O. The average Bonchev–Trinajstić information content (AvgIpc) is 2.81. The monoisotopic (exact) mass is 356 g/mol. The molecule has 0 radical (unpaired) electrons. The van der Waals surface area contributed by atoms with E-state index in [2.05, 4.69) is 26.6 Å². The van der Waals surface area contributed by atoms with Gasteiger partial charge in [0.25, 0.3) is 5.91 Å². The van der Waals surface area contributed by atoms with Crippen LogP contribution in [0.3, 0.4) is 0 Å². The van der Waals surface area contributed by atoms with Crippen molar-refractivity contribution in [3.63, 3.8) is 0 Å². The highest BCUT2D eigenvalue weighted by Crippen LogP contribution is 2.25. The van der Waals surface area contributed by atoms with Gasteiger partial charge in [-0.15, -0.1) is 0 Å². The summed E-state index contributed by atoms with van der Waals surface area (Å²) >= 11 is 3.38. The van der Waals surface area contributed by atoms with Crippen LogP contribution in [0, 0.1) is 5.92 Å². The summed E-state index contributed by atoms with van der Waals surface area (Å²) in [6.07, 6.45) is -0.409. The largest absolute Gasteiger partial charge is 0.490 e. The van der Waals surface area contributed by atoms with Crippen molar-refractivity contribution in [2.24, 2.45) is 5.92 Å². The Hall–Kier alpha value is -1.11. The lowest BCUT2D eigenvalue weighted by molar-refractivity contribution is 0.0921. The van der Waals surface area contributed by atoms with Gasteiger partial charge >= 0.3 is 0 Å². The third kappa shape index (κ3) is 4.43. The lowest BCUT2D eigenvalue weighted by Crippen LogP contribution is -2.34. The molecule has 0 aliphatic carbocycles. The molecular formula is C15H21BrN2O3. The van der Waals surface area contributed by atoms with Gasteiger partial charge in [0, 0.05) is 30.0 Å². The molecule has 1 aromatic rings. The minimum Gasteiger partial charge on any atom is -0.490 e. The Balaban J connectivity index is 2.04. The zero-order valence-electron chi connectivity index (χ0n) is 12.2. The van der Waals surface area contributed by atoms with Gasteiger partial charge < -0.3 is 20.5 Å². The Labute approximate surface area is 133 Å². The molecule has 1 heterocycles. The number of halogens is 1. The van der Waals surface area contributed by atoms with Crippen molar-refractivity contribution in [2.45, 2.75) is 26.1 Å². The molecule has 0 saturated carbocycles. The van der Waals surface area contributed by atoms with E-state index in [0.29, 0.717) is 24.4 Å². The molecule has 2 unspecified atom stereocenters. The van der Waals surface area contributed by atoms with Crippen molar-refractivity contribution in [3.05, 3.63) is 28.2 Å². The third-order valence-corrected chi connectivity index (χ3v) is 3.87. The molecule has 1 saturated heterocycles. The number of nitrogens with one attached hydrogen (secondary N) is 2. The maximum Gasteiger partial charge on any atom is 0.255 e. The van der Waals surface area contributed by atoms with E-state index in [1.54, 1.807) is 12.1 Å². The first-order chi connectivity index (χ1) is 9.97. The van der Waals surface area contributed by atoms with Gasteiger partial charge in [-0.25, -0.2) is 0 Å². The number of β-amino-alcohol motifs (C(OH)–C–C–N with tert-alkyl or cyclic N) is 1. The Morgan fingerprint density at radius 1 is 1.52 bits per heavy atom. The molecule has 1 aliphatic rings. The van der Waals surface area contributed by atoms with Crippen molar-refractivity contribution in [2.75, 3.05) is 19.6 Å². The zero-order valence-corrected chi connectivity index (χ0v) is 13.8. The van der Waals surface area contributed by atoms with Crippen LogP contribution in [-0.4, -0.2) is 42.9 Å². The highest BCUT2D eigenvalue weighted by molar-refractivity contribution is 9.10. The minimum absolute atomic E-state index is 0.00768. The van der Waals surface area contributed by atoms with Gasteiger partial charge in [-0.1, -0.05) is 15.9 Å². The van der Waals surface area contributed by atoms with E-state index in [0.717, 1.165) is 11.0 Å². The first kappa shape index (κ1) is 16.3. The van der Waals surface area contributed by atoms with Crippen LogP contribution in [0.25, 0.3) is 0 Å². The molecule has 1 aliphatic heterocycles. The van der Waals surface area contributed by atoms with E-state index in [1.165, 1.54) is 0 Å². The second-order valence-electron chi connectivity index (χ2n) is 5.50. The molecule has 0 aromatic heterocycles. The summed E-state index contributed by atoms with van der Waals surface area (Å²) in [6, 6.07) is 5.34. The summed E-state index contributed by atoms with van der Waals surface area (Å²) in [5, 5.41) is 15.7. The topological polar surface area (TPSA) is 70.6 Å². The molecule has 1 amide bonds. The Morgan fingerprint density at radius 2 is 2.29 bits per heavy atom. The summed E-state index contributed by atoms with van der Waals surface area (Å²) < 4.78 is 6.55. The van der Waals surface area contributed by atoms with E-state index >= 15 is 0 Å². The molecule has 1 aromatic carbocycles. The Kier molecular flexibility index (Phi) is 5.61. The second-order valence-corrected chi connectivity index (χ2v) is 6.42. The molecule has 0 spiro atoms. The standard InChI is InChI=1S/C15H21BrN2O3/c1-9(2)21-14-5-11(16)3-4-12(14)15(20)18-7-10-6-17-8-13(10)19/h3-5,9-10,13,17,19H,6-8H2,1-2H3,(H,18,20). The molecule has 5 nitrogen and oxygen atoms in total. The number of benzene rings is 1. The molecule has 6 heteroatoms. The molecule has 2 atom stereocenters. The van der Waals surface area contributed by atoms with Crippen LogP contribution in [0.1, 0.15) is 24.2 Å². The van der Waals surface area contributed by atoms with Gasteiger partial charge in [0.1, 0.15) is 5.75 Å². The van der Waals surface area contributed by atoms with Crippen LogP contribution in [-0.2, 0) is 0 Å². The van der Waals surface area contributed by atoms with Crippen LogP contribution in [0.2, 0.25) is 0 Å². The van der Waals surface area contributed by atoms with Gasteiger partial charge in [-0.2, -0.15) is 0 Å². The number of carbonyl (C=O) groups is 1. The summed E-state index contributed by atoms with van der Waals surface area (Å²) in [7, 11) is 0. The highest BCUT2D eigenvalue weighted by Gasteiger charge is 2.25. The first-order valence-electron chi connectivity index (χ1n) is 7.10. The fourth-order valence-corrected chi connectivity index (χ4v) is 2.62. The maximum atomic E-state index is 12.3. The van der Waals surface area contributed by atoms with E-state index in [1.807, 2.05) is 19.9 Å². The van der Waals surface area contributed by atoms with Crippen LogP contribution in [0.4, 0.5) is 0 Å². The van der Waals surface area contributed by atoms with Crippen LogP contribution >= 0.6 is 15.9 Å². The summed E-state index contributed by atoms with van der Waals surface area (Å²) in [5.74, 6) is 0.429. The molecular weight excluding hydrogens is 336 g/mol. The smallest absolute Gasteiger partial charge is 0.255 e. The second kappa shape index (κ2) is 7.24. The number of aliphatic hydroxyl groups excluding tert-OH is 1. The van der Waals surface area contributed by atoms with Crippen molar-refractivity contribution < 1.29 is 14.6 Å². The fraction of sp³-hybridized carbons (Fsp3) is 0.533. The van der Waals surface area contributed by atoms with Crippen molar-refractivity contribution >= 4 is 21.8 Å². The van der Waals surface area contributed by atoms with Gasteiger partial charge in [0.15, 0.2) is 0 Å². The molecule has 1 fully saturated rings. The Bertz CT molecular complexity index is 508. The molecule has 116 valence electrons. The number of amides is 1. The van der Waals surface area contributed by atoms with E-state index in [-0.39, 0.29) is 17.9 Å². The van der Waals surface area contributed by atoms with E-state index < -0.39 is 6.10 Å². The lowest BCUT2D eigenvalue weighted by atomic mass is 10.1. The molecule has 2 rings (SSSR count). The van der Waals surface area contributed by atoms with Gasteiger partial charge in [-0.05, 0) is 32.0 Å². The number of hydrogen-bond donors (Lipinski definition) is 3. The van der Waals surface area contributed by atoms with Crippen molar-refractivity contribution in [3.8, 4) is 5.75 Å². The predicted molar refractivity (Wildman–Crippen MR) is 84.6 cm³/mol. The minimum atomic E-state index is -0.401. The number of hydrogen-bond acceptors (Lipinski definition) is 4. The van der Waals surface area contributed by atoms with Crippen molar-refractivity contribution in [1.82, 2.24) is 10.6 Å². The molecule has 3 N–H and O–H groups in total. The van der Waals surface area contributed by atoms with Gasteiger partial charge in [0.2, 0.25) is 0 Å². The van der Waals surface area contributed by atoms with Crippen LogP contribution in [0.15, 0.2) is 22.7 Å². The normalized spacial score (nSPS) is 21.6. The molecule has 0 bridgehead atoms. The van der Waals surface area contributed by atoms with Crippen molar-refractivity contribution in [1.29, 1.82) is 0 Å². The Morgan fingerprint density at radius 3 is 2.90 bits per heavy atom. The molecule has 21 heavy (non-hydrogen) atoms. The van der Waals surface area contributed by atoms with Gasteiger partial charge in [0.05, 0.1) is 17.8 Å². The lowest BCUT2D eigenvalue weighted by Gasteiger charge is -2.17. The third-order valence-electron chi connectivity index (χ3n) is 3.38. The summed E-state index contributed by atoms with van der Waals surface area (Å²) in [6.45, 7) is 5.59. The zero-order chi connectivity index (χ0) is 15.4. The predicted octanol–water partition coefficient (Wildman–Crippen LogP) is 1.55. The average molecular weight is 357 g/mol. The number of ether oxygens (including phenoxy) is 1. The van der Waals surface area contributed by atoms with E-state index in [4.69, 9.17) is 4.74 Å². The number of aliphatic hydroxyl groups is 1. The van der Waals surface area contributed by atoms with Crippen LogP contribution < -0.4 is 15.4 Å². The maximum absolute atomic E-state index is 12.3.